The Morgan fingerprint density at radius 1 is 1.09 bits per heavy atom. The van der Waals surface area contributed by atoms with Crippen LogP contribution < -0.4 is 0 Å². The van der Waals surface area contributed by atoms with Crippen LogP contribution in [0, 0.1) is 5.82 Å². The first kappa shape index (κ1) is 21.5. The van der Waals surface area contributed by atoms with Gasteiger partial charge in [0.05, 0.1) is 32.1 Å². The molecule has 0 N–H and O–H groups in total. The minimum atomic E-state index is -0.473. The average Bonchev–Trinajstić information content (AvgIpc) is 3.32. The second kappa shape index (κ2) is 9.66. The lowest BCUT2D eigenvalue weighted by atomic mass is 10.0. The smallest absolute Gasteiger partial charge is 0.248 e. The maximum Gasteiger partial charge on any atom is 0.248 e. The van der Waals surface area contributed by atoms with Crippen molar-refractivity contribution in [2.45, 2.75) is 37.7 Å². The highest BCUT2D eigenvalue weighted by atomic mass is 19.1. The van der Waals surface area contributed by atoms with E-state index in [1.807, 2.05) is 16.9 Å². The van der Waals surface area contributed by atoms with E-state index in [2.05, 4.69) is 5.10 Å². The molecule has 2 aromatic rings. The molecule has 1 amide bonds. The molecule has 3 atom stereocenters. The molecule has 1 aromatic heterocycles. The molecule has 1 aromatic carbocycles. The lowest BCUT2D eigenvalue weighted by Crippen LogP contribution is -2.48. The fraction of sp³-hybridized carbons (Fsp3) is 0.565. The zero-order valence-electron chi connectivity index (χ0n) is 18.0. The molecular weight excluding hydrogens is 417 g/mol. The summed E-state index contributed by atoms with van der Waals surface area (Å²) in [6, 6.07) is 5.14. The summed E-state index contributed by atoms with van der Waals surface area (Å²) in [7, 11) is 0. The van der Waals surface area contributed by atoms with Crippen molar-refractivity contribution >= 4 is 5.91 Å². The minimum absolute atomic E-state index is 0.0398. The van der Waals surface area contributed by atoms with Crippen LogP contribution >= 0.6 is 0 Å². The normalized spacial score (nSPS) is 27.0. The van der Waals surface area contributed by atoms with Crippen molar-refractivity contribution in [1.29, 1.82) is 0 Å². The summed E-state index contributed by atoms with van der Waals surface area (Å²) in [5, 5.41) is 4.41. The number of aromatic nitrogens is 2. The number of benzene rings is 1. The standard InChI is InChI=1S/C23H28FN3O5/c24-20-9-16(17-10-25-27(11-17)23-3-1-2-7-30-23)4-5-19(20)21-14-31-18(13-32-21)12-26-6-8-29-15-22(26)28/h4-5,9-11,18,21,23H,1-3,6-8,12-15H2. The van der Waals surface area contributed by atoms with Crippen LogP contribution in [0.25, 0.3) is 11.1 Å². The monoisotopic (exact) mass is 445 g/mol. The predicted octanol–water partition coefficient (Wildman–Crippen LogP) is 2.70. The highest BCUT2D eigenvalue weighted by Gasteiger charge is 2.29. The molecule has 5 rings (SSSR count). The molecule has 0 spiro atoms. The van der Waals surface area contributed by atoms with Crippen LogP contribution in [0.2, 0.25) is 0 Å². The number of carbonyl (C=O) groups excluding carboxylic acids is 1. The van der Waals surface area contributed by atoms with Gasteiger partial charge in [0.2, 0.25) is 5.91 Å². The van der Waals surface area contributed by atoms with Crippen molar-refractivity contribution in [2.75, 3.05) is 46.1 Å². The van der Waals surface area contributed by atoms with Gasteiger partial charge in [-0.25, -0.2) is 9.07 Å². The maximum absolute atomic E-state index is 14.9. The van der Waals surface area contributed by atoms with E-state index in [1.165, 1.54) is 6.07 Å². The number of nitrogens with zero attached hydrogens (tertiary/aromatic N) is 3. The molecule has 0 aliphatic carbocycles. The van der Waals surface area contributed by atoms with Gasteiger partial charge in [-0.1, -0.05) is 12.1 Å². The number of hydrogen-bond donors (Lipinski definition) is 0. The van der Waals surface area contributed by atoms with Gasteiger partial charge in [-0.05, 0) is 30.9 Å². The topological polar surface area (TPSA) is 75.0 Å². The van der Waals surface area contributed by atoms with Gasteiger partial charge in [0.25, 0.3) is 0 Å². The van der Waals surface area contributed by atoms with Gasteiger partial charge in [0.15, 0.2) is 0 Å². The molecule has 32 heavy (non-hydrogen) atoms. The molecular formula is C23H28FN3O5. The number of ether oxygens (including phenoxy) is 4. The molecule has 3 saturated heterocycles. The fourth-order valence-electron chi connectivity index (χ4n) is 4.36. The van der Waals surface area contributed by atoms with Gasteiger partial charge in [0.1, 0.15) is 24.8 Å². The van der Waals surface area contributed by atoms with Crippen molar-refractivity contribution in [3.8, 4) is 11.1 Å². The van der Waals surface area contributed by atoms with Gasteiger partial charge in [-0.15, -0.1) is 0 Å². The van der Waals surface area contributed by atoms with Crippen LogP contribution in [0.15, 0.2) is 30.6 Å². The third kappa shape index (κ3) is 4.71. The van der Waals surface area contributed by atoms with E-state index in [9.17, 15) is 9.18 Å². The summed E-state index contributed by atoms with van der Waals surface area (Å²) in [5.41, 5.74) is 2.08. The highest BCUT2D eigenvalue weighted by Crippen LogP contribution is 2.30. The third-order valence-electron chi connectivity index (χ3n) is 6.21. The zero-order chi connectivity index (χ0) is 21.9. The molecule has 9 heteroatoms. The van der Waals surface area contributed by atoms with Gasteiger partial charge in [-0.3, -0.25) is 4.79 Å². The minimum Gasteiger partial charge on any atom is -0.371 e. The number of hydrogen-bond acceptors (Lipinski definition) is 6. The second-order valence-corrected chi connectivity index (χ2v) is 8.44. The molecule has 3 aliphatic heterocycles. The molecule has 3 aliphatic rings. The van der Waals surface area contributed by atoms with Crippen LogP contribution in [-0.4, -0.2) is 72.8 Å². The Morgan fingerprint density at radius 3 is 2.78 bits per heavy atom. The van der Waals surface area contributed by atoms with E-state index in [4.69, 9.17) is 18.9 Å². The number of carbonyl (C=O) groups is 1. The molecule has 4 heterocycles. The van der Waals surface area contributed by atoms with Crippen molar-refractivity contribution in [3.05, 3.63) is 42.0 Å². The highest BCUT2D eigenvalue weighted by molar-refractivity contribution is 5.78. The fourth-order valence-corrected chi connectivity index (χ4v) is 4.36. The second-order valence-electron chi connectivity index (χ2n) is 8.44. The van der Waals surface area contributed by atoms with E-state index in [-0.39, 0.29) is 37.3 Å². The summed E-state index contributed by atoms with van der Waals surface area (Å²) in [6.45, 7) is 2.97. The van der Waals surface area contributed by atoms with Crippen LogP contribution in [-0.2, 0) is 23.7 Å². The van der Waals surface area contributed by atoms with E-state index in [1.54, 1.807) is 17.2 Å². The summed E-state index contributed by atoms with van der Waals surface area (Å²) in [5.74, 6) is -0.374. The Bertz CT molecular complexity index is 937. The lowest BCUT2D eigenvalue weighted by molar-refractivity contribution is -0.159. The van der Waals surface area contributed by atoms with Crippen LogP contribution in [0.5, 0.6) is 0 Å². The van der Waals surface area contributed by atoms with Gasteiger partial charge < -0.3 is 23.8 Å². The van der Waals surface area contributed by atoms with E-state index >= 15 is 0 Å². The van der Waals surface area contributed by atoms with E-state index in [0.717, 1.165) is 37.0 Å². The largest absolute Gasteiger partial charge is 0.371 e. The lowest BCUT2D eigenvalue weighted by Gasteiger charge is -2.34. The van der Waals surface area contributed by atoms with E-state index < -0.39 is 6.10 Å². The SMILES string of the molecule is O=C1COCCN1CC1COC(c2ccc(-c3cnn(C4CCCCO4)c3)cc2F)CO1. The summed E-state index contributed by atoms with van der Waals surface area (Å²) in [6.07, 6.45) is 6.05. The summed E-state index contributed by atoms with van der Waals surface area (Å²) < 4.78 is 39.5. The molecule has 172 valence electrons. The van der Waals surface area contributed by atoms with Crippen molar-refractivity contribution in [2.24, 2.45) is 0 Å². The van der Waals surface area contributed by atoms with Crippen LogP contribution in [0.4, 0.5) is 4.39 Å². The Kier molecular flexibility index (Phi) is 6.49. The first-order valence-electron chi connectivity index (χ1n) is 11.2. The Balaban J connectivity index is 1.20. The van der Waals surface area contributed by atoms with Gasteiger partial charge >= 0.3 is 0 Å². The molecule has 0 bridgehead atoms. The number of halogens is 1. The van der Waals surface area contributed by atoms with Crippen LogP contribution in [0.3, 0.4) is 0 Å². The summed E-state index contributed by atoms with van der Waals surface area (Å²) >= 11 is 0. The van der Waals surface area contributed by atoms with Crippen LogP contribution in [0.1, 0.15) is 37.2 Å². The summed E-state index contributed by atoms with van der Waals surface area (Å²) in [4.78, 5) is 13.6. The van der Waals surface area contributed by atoms with Crippen molar-refractivity contribution in [1.82, 2.24) is 14.7 Å². The van der Waals surface area contributed by atoms with Crippen molar-refractivity contribution < 1.29 is 28.1 Å². The Labute approximate surface area is 186 Å². The number of rotatable bonds is 5. The quantitative estimate of drug-likeness (QED) is 0.705. The first-order valence-corrected chi connectivity index (χ1v) is 11.2. The number of amides is 1. The van der Waals surface area contributed by atoms with E-state index in [0.29, 0.717) is 31.9 Å². The molecule has 8 nitrogen and oxygen atoms in total. The van der Waals surface area contributed by atoms with Gasteiger partial charge in [-0.2, -0.15) is 5.10 Å². The Hall–Kier alpha value is -2.33. The first-order chi connectivity index (χ1) is 15.7. The zero-order valence-corrected chi connectivity index (χ0v) is 18.0. The molecule has 3 unspecified atom stereocenters. The number of morpholine rings is 1. The van der Waals surface area contributed by atoms with Gasteiger partial charge in [0, 0.05) is 37.0 Å². The maximum atomic E-state index is 14.9. The molecule has 0 saturated carbocycles. The molecule has 3 fully saturated rings. The third-order valence-corrected chi connectivity index (χ3v) is 6.21. The Morgan fingerprint density at radius 2 is 2.03 bits per heavy atom. The molecule has 0 radical (unpaired) electrons. The average molecular weight is 445 g/mol. The predicted molar refractivity (Wildman–Crippen MR) is 112 cm³/mol. The van der Waals surface area contributed by atoms with Crippen molar-refractivity contribution in [3.63, 3.8) is 0 Å².